The van der Waals surface area contributed by atoms with Crippen LogP contribution in [0.15, 0.2) is 11.6 Å². The van der Waals surface area contributed by atoms with Crippen LogP contribution in [0.5, 0.6) is 0 Å². The van der Waals surface area contributed by atoms with Gasteiger partial charge in [-0.1, -0.05) is 46.0 Å². The topological polar surface area (TPSA) is 12.9 Å². The van der Waals surface area contributed by atoms with E-state index in [4.69, 9.17) is 0 Å². The van der Waals surface area contributed by atoms with Crippen LogP contribution in [0.25, 0.3) is 0 Å². The molecular formula is C12H21NS. The minimum atomic E-state index is 0.804. The lowest BCUT2D eigenvalue weighted by atomic mass is 10.00. The first-order chi connectivity index (χ1) is 6.83. The minimum Gasteiger partial charge on any atom is -0.250 e. The van der Waals surface area contributed by atoms with Gasteiger partial charge in [0.05, 0.1) is 5.01 Å². The molecule has 80 valence electrons. The molecule has 0 radical (unpaired) electrons. The fraction of sp³-hybridized carbons (Fsp3) is 0.750. The standard InChI is InChI=1S/C12H21NS/c1-3-4-5-6-7-11(2)10-12-13-8-9-14-12/h8-9,11H,3-7,10H2,1-2H3. The predicted octanol–water partition coefficient (Wildman–Crippen LogP) is 4.29. The summed E-state index contributed by atoms with van der Waals surface area (Å²) < 4.78 is 0. The average Bonchev–Trinajstić information content (AvgIpc) is 2.65. The first kappa shape index (κ1) is 11.7. The molecule has 0 aliphatic rings. The van der Waals surface area contributed by atoms with Crippen LogP contribution >= 0.6 is 11.3 Å². The van der Waals surface area contributed by atoms with Gasteiger partial charge in [0, 0.05) is 18.0 Å². The van der Waals surface area contributed by atoms with E-state index in [1.165, 1.54) is 43.5 Å². The highest BCUT2D eigenvalue weighted by atomic mass is 32.1. The Morgan fingerprint density at radius 3 is 2.86 bits per heavy atom. The van der Waals surface area contributed by atoms with E-state index >= 15 is 0 Å². The number of nitrogens with zero attached hydrogens (tertiary/aromatic N) is 1. The number of thiazole rings is 1. The normalized spacial score (nSPS) is 13.0. The highest BCUT2D eigenvalue weighted by molar-refractivity contribution is 7.09. The van der Waals surface area contributed by atoms with Crippen LogP contribution in [-0.2, 0) is 6.42 Å². The smallest absolute Gasteiger partial charge is 0.0927 e. The molecule has 0 amide bonds. The Bertz CT molecular complexity index is 218. The van der Waals surface area contributed by atoms with Crippen molar-refractivity contribution in [2.45, 2.75) is 52.4 Å². The quantitative estimate of drug-likeness (QED) is 0.613. The summed E-state index contributed by atoms with van der Waals surface area (Å²) in [6.07, 6.45) is 9.96. The summed E-state index contributed by atoms with van der Waals surface area (Å²) in [4.78, 5) is 4.32. The highest BCUT2D eigenvalue weighted by Gasteiger charge is 2.04. The van der Waals surface area contributed by atoms with Gasteiger partial charge in [-0.15, -0.1) is 11.3 Å². The van der Waals surface area contributed by atoms with E-state index in [1.54, 1.807) is 11.3 Å². The Hall–Kier alpha value is -0.370. The van der Waals surface area contributed by atoms with Gasteiger partial charge >= 0.3 is 0 Å². The van der Waals surface area contributed by atoms with Gasteiger partial charge in [0.15, 0.2) is 0 Å². The number of hydrogen-bond acceptors (Lipinski definition) is 2. The lowest BCUT2D eigenvalue weighted by molar-refractivity contribution is 0.486. The van der Waals surface area contributed by atoms with Gasteiger partial charge in [0.25, 0.3) is 0 Å². The summed E-state index contributed by atoms with van der Waals surface area (Å²) in [5, 5.41) is 3.37. The lowest BCUT2D eigenvalue weighted by Crippen LogP contribution is -1.99. The van der Waals surface area contributed by atoms with Gasteiger partial charge in [-0.25, -0.2) is 4.98 Å². The van der Waals surface area contributed by atoms with E-state index in [0.717, 1.165) is 5.92 Å². The Balaban J connectivity index is 2.07. The molecule has 0 bridgehead atoms. The third-order valence-corrected chi connectivity index (χ3v) is 3.36. The molecule has 0 aliphatic carbocycles. The van der Waals surface area contributed by atoms with E-state index < -0.39 is 0 Å². The van der Waals surface area contributed by atoms with Crippen LogP contribution in [0.2, 0.25) is 0 Å². The molecule has 0 saturated carbocycles. The van der Waals surface area contributed by atoms with Gasteiger partial charge in [0.2, 0.25) is 0 Å². The van der Waals surface area contributed by atoms with Crippen molar-refractivity contribution in [1.29, 1.82) is 0 Å². The lowest BCUT2D eigenvalue weighted by Gasteiger charge is -2.08. The fourth-order valence-electron chi connectivity index (χ4n) is 1.67. The van der Waals surface area contributed by atoms with Crippen molar-refractivity contribution in [1.82, 2.24) is 4.98 Å². The summed E-state index contributed by atoms with van der Waals surface area (Å²) in [6, 6.07) is 0. The largest absolute Gasteiger partial charge is 0.250 e. The summed E-state index contributed by atoms with van der Waals surface area (Å²) >= 11 is 1.78. The number of rotatable bonds is 7. The first-order valence-electron chi connectivity index (χ1n) is 5.71. The van der Waals surface area contributed by atoms with Crippen molar-refractivity contribution in [3.8, 4) is 0 Å². The van der Waals surface area contributed by atoms with E-state index in [1.807, 2.05) is 6.20 Å². The van der Waals surface area contributed by atoms with E-state index in [-0.39, 0.29) is 0 Å². The molecule has 1 aromatic heterocycles. The molecule has 0 fully saturated rings. The van der Waals surface area contributed by atoms with Crippen LogP contribution in [0.3, 0.4) is 0 Å². The molecule has 0 N–H and O–H groups in total. The fourth-order valence-corrected chi connectivity index (χ4v) is 2.45. The maximum atomic E-state index is 4.32. The van der Waals surface area contributed by atoms with Crippen molar-refractivity contribution < 1.29 is 0 Å². The predicted molar refractivity (Wildman–Crippen MR) is 63.7 cm³/mol. The molecular weight excluding hydrogens is 190 g/mol. The van der Waals surface area contributed by atoms with Crippen LogP contribution in [0.1, 0.15) is 51.0 Å². The summed E-state index contributed by atoms with van der Waals surface area (Å²) in [5.74, 6) is 0.804. The molecule has 1 unspecified atom stereocenters. The second-order valence-corrected chi connectivity index (χ2v) is 5.06. The SMILES string of the molecule is CCCCCCC(C)Cc1nccs1. The molecule has 0 aliphatic heterocycles. The second kappa shape index (κ2) is 6.99. The zero-order chi connectivity index (χ0) is 10.2. The molecule has 0 spiro atoms. The Morgan fingerprint density at radius 1 is 1.36 bits per heavy atom. The third kappa shape index (κ3) is 4.75. The number of unbranched alkanes of at least 4 members (excludes halogenated alkanes) is 3. The Labute approximate surface area is 91.6 Å². The molecule has 1 rings (SSSR count). The second-order valence-electron chi connectivity index (χ2n) is 4.08. The van der Waals surface area contributed by atoms with Crippen LogP contribution < -0.4 is 0 Å². The average molecular weight is 211 g/mol. The molecule has 2 heteroatoms. The van der Waals surface area contributed by atoms with Crippen LogP contribution in [0, 0.1) is 5.92 Å². The zero-order valence-corrected chi connectivity index (χ0v) is 10.1. The van der Waals surface area contributed by atoms with Crippen LogP contribution in [-0.4, -0.2) is 4.98 Å². The van der Waals surface area contributed by atoms with Crippen molar-refractivity contribution in [2.75, 3.05) is 0 Å². The minimum absolute atomic E-state index is 0.804. The summed E-state index contributed by atoms with van der Waals surface area (Å²) in [5.41, 5.74) is 0. The van der Waals surface area contributed by atoms with Gasteiger partial charge in [-0.3, -0.25) is 0 Å². The zero-order valence-electron chi connectivity index (χ0n) is 9.33. The molecule has 1 atom stereocenters. The van der Waals surface area contributed by atoms with Crippen molar-refractivity contribution >= 4 is 11.3 Å². The van der Waals surface area contributed by atoms with E-state index in [2.05, 4.69) is 24.2 Å². The first-order valence-corrected chi connectivity index (χ1v) is 6.59. The van der Waals surface area contributed by atoms with Gasteiger partial charge < -0.3 is 0 Å². The van der Waals surface area contributed by atoms with E-state index in [0.29, 0.717) is 0 Å². The number of aromatic nitrogens is 1. The number of hydrogen-bond donors (Lipinski definition) is 0. The van der Waals surface area contributed by atoms with Crippen LogP contribution in [0.4, 0.5) is 0 Å². The maximum absolute atomic E-state index is 4.32. The molecule has 0 saturated heterocycles. The maximum Gasteiger partial charge on any atom is 0.0927 e. The molecule has 1 aromatic rings. The molecule has 1 nitrogen and oxygen atoms in total. The summed E-state index contributed by atoms with van der Waals surface area (Å²) in [6.45, 7) is 4.60. The van der Waals surface area contributed by atoms with Crippen molar-refractivity contribution in [3.63, 3.8) is 0 Å². The van der Waals surface area contributed by atoms with E-state index in [9.17, 15) is 0 Å². The summed E-state index contributed by atoms with van der Waals surface area (Å²) in [7, 11) is 0. The van der Waals surface area contributed by atoms with Gasteiger partial charge in [-0.2, -0.15) is 0 Å². The molecule has 0 aromatic carbocycles. The highest BCUT2D eigenvalue weighted by Crippen LogP contribution is 2.16. The molecule has 14 heavy (non-hydrogen) atoms. The Morgan fingerprint density at radius 2 is 2.21 bits per heavy atom. The van der Waals surface area contributed by atoms with Gasteiger partial charge in [0.1, 0.15) is 0 Å². The monoisotopic (exact) mass is 211 g/mol. The van der Waals surface area contributed by atoms with Crippen molar-refractivity contribution in [2.24, 2.45) is 5.92 Å². The third-order valence-electron chi connectivity index (χ3n) is 2.56. The molecule has 1 heterocycles. The Kier molecular flexibility index (Phi) is 5.85. The van der Waals surface area contributed by atoms with Crippen molar-refractivity contribution in [3.05, 3.63) is 16.6 Å². The van der Waals surface area contributed by atoms with Gasteiger partial charge in [-0.05, 0) is 5.92 Å².